The van der Waals surface area contributed by atoms with Crippen molar-refractivity contribution in [1.82, 2.24) is 0 Å². The lowest BCUT2D eigenvalue weighted by Crippen LogP contribution is -2.15. The van der Waals surface area contributed by atoms with E-state index in [9.17, 15) is 0 Å². The molecule has 0 saturated heterocycles. The number of hydrogen-bond donors (Lipinski definition) is 0. The molecule has 4 aromatic carbocycles. The van der Waals surface area contributed by atoms with E-state index in [1.807, 2.05) is 109 Å². The first-order valence-electron chi connectivity index (χ1n) is 10.4. The van der Waals surface area contributed by atoms with Crippen molar-refractivity contribution in [3.05, 3.63) is 156 Å². The molecule has 0 amide bonds. The van der Waals surface area contributed by atoms with Crippen LogP contribution >= 0.6 is 7.57 Å². The molecule has 0 nitrogen and oxygen atoms in total. The van der Waals surface area contributed by atoms with Gasteiger partial charge in [-0.25, -0.2) is 0 Å². The van der Waals surface area contributed by atoms with E-state index in [0.29, 0.717) is 0 Å². The molecule has 0 aliphatic carbocycles. The van der Waals surface area contributed by atoms with Crippen molar-refractivity contribution < 1.29 is 4.20 Å². The summed E-state index contributed by atoms with van der Waals surface area (Å²) in [4.78, 5) is 0. The molecule has 0 unspecified atom stereocenters. The molecule has 1 aliphatic heterocycles. The molecule has 4 aromatic rings. The van der Waals surface area contributed by atoms with E-state index in [-0.39, 0.29) is 0 Å². The maximum Gasteiger partial charge on any atom is 0.299 e. The summed E-state index contributed by atoms with van der Waals surface area (Å²) in [6.45, 7) is 0. The van der Waals surface area contributed by atoms with Crippen molar-refractivity contribution in [2.75, 3.05) is 0 Å². The Labute approximate surface area is 183 Å². The minimum absolute atomic E-state index is 0.743. The zero-order valence-corrected chi connectivity index (χ0v) is 17.9. The predicted molar refractivity (Wildman–Crippen MR) is 132 cm³/mol. The van der Waals surface area contributed by atoms with Gasteiger partial charge in [-0.3, -0.25) is 0 Å². The summed E-state index contributed by atoms with van der Waals surface area (Å²) in [7, 11) is -3.34. The number of rotatable bonds is 4. The van der Waals surface area contributed by atoms with E-state index in [2.05, 4.69) is 24.3 Å². The van der Waals surface area contributed by atoms with Gasteiger partial charge in [0.05, 0.1) is 5.92 Å². The van der Waals surface area contributed by atoms with Gasteiger partial charge in [-0.1, -0.05) is 109 Å². The summed E-state index contributed by atoms with van der Waals surface area (Å²) < 4.78 is 17.7. The monoisotopic (exact) mass is 420 g/mol. The molecule has 2 heteroatoms. The van der Waals surface area contributed by atoms with Crippen LogP contribution in [0.4, 0.5) is 4.20 Å². The third-order valence-electron chi connectivity index (χ3n) is 5.61. The van der Waals surface area contributed by atoms with Gasteiger partial charge in [0.1, 0.15) is 15.9 Å². The van der Waals surface area contributed by atoms with E-state index in [1.165, 1.54) is 0 Å². The second kappa shape index (κ2) is 8.46. The topological polar surface area (TPSA) is 0 Å². The average Bonchev–Trinajstić information content (AvgIpc) is 2.86. The van der Waals surface area contributed by atoms with Crippen LogP contribution in [-0.4, -0.2) is 0 Å². The third kappa shape index (κ3) is 3.67. The smallest absolute Gasteiger partial charge is 0.0622 e. The molecule has 0 bridgehead atoms. The molecule has 1 aliphatic rings. The Kier molecular flexibility index (Phi) is 5.37. The lowest BCUT2D eigenvalue weighted by molar-refractivity contribution is 0.902. The Morgan fingerprint density at radius 2 is 0.774 bits per heavy atom. The number of benzene rings is 4. The van der Waals surface area contributed by atoms with Gasteiger partial charge in [0.25, 0.3) is 7.57 Å². The highest BCUT2D eigenvalue weighted by atomic mass is 31.2. The molecule has 5 rings (SSSR count). The fraction of sp³-hybridized carbons (Fsp3) is 0. The van der Waals surface area contributed by atoms with Crippen LogP contribution in [0, 0.1) is 5.92 Å². The third-order valence-corrected chi connectivity index (χ3v) is 8.72. The van der Waals surface area contributed by atoms with Gasteiger partial charge in [0.15, 0.2) is 0 Å². The summed E-state index contributed by atoms with van der Waals surface area (Å²) in [6, 6.07) is 39.8. The van der Waals surface area contributed by atoms with Crippen LogP contribution < -0.4 is 5.30 Å². The second-order valence-corrected chi connectivity index (χ2v) is 10.2. The molecule has 0 spiro atoms. The van der Waals surface area contributed by atoms with Gasteiger partial charge < -0.3 is 0 Å². The molecule has 1 radical (unpaired) electrons. The Morgan fingerprint density at radius 1 is 0.419 bits per heavy atom. The van der Waals surface area contributed by atoms with Gasteiger partial charge in [0.2, 0.25) is 0 Å². The first-order chi connectivity index (χ1) is 15.3. The van der Waals surface area contributed by atoms with Gasteiger partial charge in [-0.2, -0.15) is 0 Å². The van der Waals surface area contributed by atoms with Crippen LogP contribution in [0.15, 0.2) is 133 Å². The molecule has 0 N–H and O–H groups in total. The zero-order chi connectivity index (χ0) is 21.1. The first-order valence-corrected chi connectivity index (χ1v) is 12.1. The van der Waals surface area contributed by atoms with Crippen LogP contribution in [0.1, 0.15) is 16.7 Å². The normalized spacial score (nSPS) is 15.8. The standard InChI is InChI=1S/C29H22FP/c30-31(27-19-11-4-12-20-27)28(24-15-7-2-8-16-24)21-26(23-13-5-1-6-14-23)22-29(31)25-17-9-3-10-18-25/h1-22H/q+1. The maximum absolute atomic E-state index is 17.7. The fourth-order valence-corrected chi connectivity index (χ4v) is 7.14. The minimum Gasteiger partial charge on any atom is -0.0622 e. The Balaban J connectivity index is 1.80. The highest BCUT2D eigenvalue weighted by molar-refractivity contribution is 7.95. The van der Waals surface area contributed by atoms with Crippen LogP contribution in [0.25, 0.3) is 10.6 Å². The van der Waals surface area contributed by atoms with Gasteiger partial charge in [-0.05, 0) is 34.0 Å². The van der Waals surface area contributed by atoms with Crippen molar-refractivity contribution >= 4 is 23.5 Å². The van der Waals surface area contributed by atoms with Gasteiger partial charge in [-0.15, -0.1) is 0 Å². The van der Waals surface area contributed by atoms with Crippen molar-refractivity contribution in [2.24, 2.45) is 0 Å². The molecule has 0 fully saturated rings. The maximum atomic E-state index is 17.7. The quantitative estimate of drug-likeness (QED) is 0.294. The Bertz CT molecular complexity index is 1160. The number of allylic oxidation sites excluding steroid dienone is 2. The lowest BCUT2D eigenvalue weighted by Gasteiger charge is -2.27. The van der Waals surface area contributed by atoms with E-state index >= 15 is 4.20 Å². The highest BCUT2D eigenvalue weighted by Gasteiger charge is 2.55. The summed E-state index contributed by atoms with van der Waals surface area (Å²) in [5, 5.41) is 2.27. The summed E-state index contributed by atoms with van der Waals surface area (Å²) in [5.41, 5.74) is 2.94. The molecule has 0 aromatic heterocycles. The van der Waals surface area contributed by atoms with E-state index in [4.69, 9.17) is 0 Å². The van der Waals surface area contributed by atoms with Crippen molar-refractivity contribution in [1.29, 1.82) is 0 Å². The van der Waals surface area contributed by atoms with E-state index in [0.717, 1.165) is 38.5 Å². The molecule has 0 saturated carbocycles. The lowest BCUT2D eigenvalue weighted by atomic mass is 9.95. The predicted octanol–water partition coefficient (Wildman–Crippen LogP) is 7.93. The second-order valence-electron chi connectivity index (χ2n) is 7.54. The SMILES string of the molecule is F[P+]1(c2ccccc2)C(c2ccccc2)=C[C](c2ccccc2)C=C1c1ccccc1. The van der Waals surface area contributed by atoms with Crippen LogP contribution in [0.2, 0.25) is 0 Å². The van der Waals surface area contributed by atoms with E-state index < -0.39 is 7.57 Å². The molecular formula is C29H22FP+. The van der Waals surface area contributed by atoms with Gasteiger partial charge in [0, 0.05) is 11.1 Å². The summed E-state index contributed by atoms with van der Waals surface area (Å²) in [6.07, 6.45) is 4.11. The van der Waals surface area contributed by atoms with Crippen LogP contribution in [0.3, 0.4) is 0 Å². The van der Waals surface area contributed by atoms with Gasteiger partial charge >= 0.3 is 0 Å². The molecule has 31 heavy (non-hydrogen) atoms. The summed E-state index contributed by atoms with van der Waals surface area (Å²) >= 11 is 0. The Morgan fingerprint density at radius 3 is 1.19 bits per heavy atom. The average molecular weight is 420 g/mol. The molecule has 1 heterocycles. The summed E-state index contributed by atoms with van der Waals surface area (Å²) in [5.74, 6) is 1.03. The first kappa shape index (κ1) is 19.7. The minimum atomic E-state index is -3.34. The molecule has 0 atom stereocenters. The number of hydrogen-bond acceptors (Lipinski definition) is 0. The highest BCUT2D eigenvalue weighted by Crippen LogP contribution is 2.80. The van der Waals surface area contributed by atoms with Crippen molar-refractivity contribution in [2.45, 2.75) is 0 Å². The Hall–Kier alpha value is -3.28. The van der Waals surface area contributed by atoms with E-state index in [1.54, 1.807) is 0 Å². The molecule has 149 valence electrons. The number of halogens is 1. The zero-order valence-electron chi connectivity index (χ0n) is 17.0. The largest absolute Gasteiger partial charge is 0.299 e. The van der Waals surface area contributed by atoms with Crippen LogP contribution in [0.5, 0.6) is 0 Å². The molecular weight excluding hydrogens is 398 g/mol. The van der Waals surface area contributed by atoms with Crippen molar-refractivity contribution in [3.8, 4) is 0 Å². The van der Waals surface area contributed by atoms with Crippen molar-refractivity contribution in [3.63, 3.8) is 0 Å². The fourth-order valence-electron chi connectivity index (χ4n) is 4.09. The van der Waals surface area contributed by atoms with Crippen LogP contribution in [-0.2, 0) is 0 Å².